The first kappa shape index (κ1) is 18.1. The van der Waals surface area contributed by atoms with Crippen molar-refractivity contribution in [2.45, 2.75) is 38.1 Å². The number of carbonyl (C=O) groups excluding carboxylic acids is 1. The molecule has 0 radical (unpaired) electrons. The van der Waals surface area contributed by atoms with E-state index in [0.717, 1.165) is 31.2 Å². The fourth-order valence-electron chi connectivity index (χ4n) is 3.78. The number of benzene rings is 1. The Morgan fingerprint density at radius 1 is 1.14 bits per heavy atom. The Hall–Kier alpha value is -3.26. The highest BCUT2D eigenvalue weighted by Gasteiger charge is 2.27. The summed E-state index contributed by atoms with van der Waals surface area (Å²) in [6.45, 7) is 0.196. The molecule has 142 valence electrons. The normalized spacial score (nSPS) is 16.5. The first-order valence-electron chi connectivity index (χ1n) is 9.59. The summed E-state index contributed by atoms with van der Waals surface area (Å²) in [5.41, 5.74) is 1.27. The lowest BCUT2D eigenvalue weighted by atomic mass is 9.93. The van der Waals surface area contributed by atoms with Crippen LogP contribution in [0.4, 0.5) is 5.82 Å². The standard InChI is InChI=1S/C23H22N2O3/c1-2-17(18-11-12-20-21(14-18)28-16-27-20)15-23(26)25(19-8-4-3-5-9-19)22-10-6-7-13-24-22/h1,6-7,10-15,19H,3-5,8-9,16H2/b17-15+. The van der Waals surface area contributed by atoms with Gasteiger partial charge in [-0.05, 0) is 48.7 Å². The number of fused-ring (bicyclic) bond motifs is 1. The average molecular weight is 374 g/mol. The minimum atomic E-state index is -0.142. The van der Waals surface area contributed by atoms with Crippen LogP contribution in [-0.2, 0) is 4.79 Å². The quantitative estimate of drug-likeness (QED) is 0.595. The Kier molecular flexibility index (Phi) is 5.29. The van der Waals surface area contributed by atoms with Gasteiger partial charge in [0.15, 0.2) is 11.5 Å². The maximum atomic E-state index is 13.3. The molecule has 0 N–H and O–H groups in total. The van der Waals surface area contributed by atoms with E-state index in [2.05, 4.69) is 10.9 Å². The predicted octanol–water partition coefficient (Wildman–Crippen LogP) is 4.19. The molecule has 4 rings (SSSR count). The topological polar surface area (TPSA) is 51.7 Å². The lowest BCUT2D eigenvalue weighted by Gasteiger charge is -2.33. The molecule has 5 heteroatoms. The molecule has 2 aliphatic rings. The third-order valence-corrected chi connectivity index (χ3v) is 5.18. The number of anilines is 1. The summed E-state index contributed by atoms with van der Waals surface area (Å²) in [4.78, 5) is 19.5. The van der Waals surface area contributed by atoms with Crippen molar-refractivity contribution in [1.82, 2.24) is 4.98 Å². The number of allylic oxidation sites excluding steroid dienone is 1. The number of pyridine rings is 1. The summed E-state index contributed by atoms with van der Waals surface area (Å²) in [6.07, 6.45) is 14.4. The van der Waals surface area contributed by atoms with Crippen LogP contribution in [0.1, 0.15) is 37.7 Å². The van der Waals surface area contributed by atoms with Gasteiger partial charge in [0.1, 0.15) is 5.82 Å². The largest absolute Gasteiger partial charge is 0.454 e. The molecular formula is C23H22N2O3. The van der Waals surface area contributed by atoms with Crippen LogP contribution in [-0.4, -0.2) is 23.7 Å². The lowest BCUT2D eigenvalue weighted by molar-refractivity contribution is -0.114. The number of amides is 1. The molecule has 28 heavy (non-hydrogen) atoms. The maximum Gasteiger partial charge on any atom is 0.253 e. The first-order valence-corrected chi connectivity index (χ1v) is 9.59. The Bertz CT molecular complexity index is 925. The molecule has 1 aliphatic carbocycles. The Balaban J connectivity index is 1.66. The third kappa shape index (κ3) is 3.72. The number of carbonyl (C=O) groups is 1. The lowest BCUT2D eigenvalue weighted by Crippen LogP contribution is -2.41. The number of hydrogen-bond acceptors (Lipinski definition) is 4. The van der Waals surface area contributed by atoms with Crippen molar-refractivity contribution in [2.75, 3.05) is 11.7 Å². The van der Waals surface area contributed by atoms with Crippen molar-refractivity contribution >= 4 is 17.3 Å². The average Bonchev–Trinajstić information content (AvgIpc) is 3.21. The summed E-state index contributed by atoms with van der Waals surface area (Å²) in [5, 5.41) is 0. The molecule has 1 aromatic heterocycles. The predicted molar refractivity (Wildman–Crippen MR) is 108 cm³/mol. The molecule has 0 saturated heterocycles. The number of hydrogen-bond donors (Lipinski definition) is 0. The van der Waals surface area contributed by atoms with Crippen LogP contribution in [0.25, 0.3) is 5.57 Å². The number of rotatable bonds is 4. The molecule has 0 spiro atoms. The van der Waals surface area contributed by atoms with Crippen LogP contribution in [0.5, 0.6) is 11.5 Å². The Labute approximate surface area is 165 Å². The summed E-state index contributed by atoms with van der Waals surface area (Å²) in [7, 11) is 0. The van der Waals surface area contributed by atoms with Crippen molar-refractivity contribution in [3.05, 3.63) is 54.2 Å². The van der Waals surface area contributed by atoms with E-state index in [4.69, 9.17) is 15.9 Å². The molecule has 1 aromatic carbocycles. The van der Waals surface area contributed by atoms with Gasteiger partial charge in [0.25, 0.3) is 5.91 Å². The smallest absolute Gasteiger partial charge is 0.253 e. The molecular weight excluding hydrogens is 352 g/mol. The second kappa shape index (κ2) is 8.18. The van der Waals surface area contributed by atoms with E-state index in [1.54, 1.807) is 11.1 Å². The van der Waals surface area contributed by atoms with E-state index in [-0.39, 0.29) is 18.7 Å². The van der Waals surface area contributed by atoms with Gasteiger partial charge in [-0.3, -0.25) is 9.69 Å². The number of nitrogens with zero attached hydrogens (tertiary/aromatic N) is 2. The number of ether oxygens (including phenoxy) is 2. The molecule has 0 atom stereocenters. The van der Waals surface area contributed by atoms with E-state index >= 15 is 0 Å². The van der Waals surface area contributed by atoms with Gasteiger partial charge in [-0.1, -0.05) is 31.2 Å². The van der Waals surface area contributed by atoms with Crippen LogP contribution in [0, 0.1) is 12.3 Å². The van der Waals surface area contributed by atoms with E-state index in [9.17, 15) is 4.79 Å². The highest BCUT2D eigenvalue weighted by Crippen LogP contribution is 2.34. The van der Waals surface area contributed by atoms with Crippen molar-refractivity contribution in [3.63, 3.8) is 0 Å². The zero-order valence-corrected chi connectivity index (χ0v) is 15.6. The third-order valence-electron chi connectivity index (χ3n) is 5.18. The monoisotopic (exact) mass is 374 g/mol. The van der Waals surface area contributed by atoms with Crippen LogP contribution in [0.15, 0.2) is 48.7 Å². The molecule has 5 nitrogen and oxygen atoms in total. The van der Waals surface area contributed by atoms with Gasteiger partial charge in [0.05, 0.1) is 0 Å². The molecule has 2 aromatic rings. The Morgan fingerprint density at radius 2 is 1.96 bits per heavy atom. The summed E-state index contributed by atoms with van der Waals surface area (Å²) >= 11 is 0. The second-order valence-electron chi connectivity index (χ2n) is 6.96. The molecule has 0 bridgehead atoms. The zero-order chi connectivity index (χ0) is 19.3. The summed E-state index contributed by atoms with van der Waals surface area (Å²) in [6, 6.07) is 11.2. The van der Waals surface area contributed by atoms with Gasteiger partial charge < -0.3 is 9.47 Å². The minimum absolute atomic E-state index is 0.142. The number of aromatic nitrogens is 1. The fraction of sp³-hybridized carbons (Fsp3) is 0.304. The van der Waals surface area contributed by atoms with Crippen molar-refractivity contribution in [2.24, 2.45) is 0 Å². The maximum absolute atomic E-state index is 13.3. The number of terminal acetylenes is 1. The zero-order valence-electron chi connectivity index (χ0n) is 15.6. The summed E-state index contributed by atoms with van der Waals surface area (Å²) in [5.74, 6) is 4.49. The van der Waals surface area contributed by atoms with Crippen LogP contribution >= 0.6 is 0 Å². The Morgan fingerprint density at radius 3 is 2.71 bits per heavy atom. The van der Waals surface area contributed by atoms with Crippen LogP contribution in [0.2, 0.25) is 0 Å². The highest BCUT2D eigenvalue weighted by atomic mass is 16.7. The van der Waals surface area contributed by atoms with Gasteiger partial charge in [-0.25, -0.2) is 4.98 Å². The molecule has 1 fully saturated rings. The second-order valence-corrected chi connectivity index (χ2v) is 6.96. The van der Waals surface area contributed by atoms with E-state index < -0.39 is 0 Å². The van der Waals surface area contributed by atoms with Crippen molar-refractivity contribution < 1.29 is 14.3 Å². The van der Waals surface area contributed by atoms with Crippen LogP contribution in [0.3, 0.4) is 0 Å². The van der Waals surface area contributed by atoms with Gasteiger partial charge in [-0.15, -0.1) is 6.42 Å². The fourth-order valence-corrected chi connectivity index (χ4v) is 3.78. The molecule has 0 unspecified atom stereocenters. The van der Waals surface area contributed by atoms with Crippen LogP contribution < -0.4 is 14.4 Å². The summed E-state index contributed by atoms with van der Waals surface area (Å²) < 4.78 is 10.8. The van der Waals surface area contributed by atoms with Gasteiger partial charge in [0, 0.05) is 23.9 Å². The molecule has 1 amide bonds. The van der Waals surface area contributed by atoms with Gasteiger partial charge in [0.2, 0.25) is 6.79 Å². The van der Waals surface area contributed by atoms with Crippen molar-refractivity contribution in [1.29, 1.82) is 0 Å². The molecule has 2 heterocycles. The molecule has 1 aliphatic heterocycles. The highest BCUT2D eigenvalue weighted by molar-refractivity contribution is 6.07. The van der Waals surface area contributed by atoms with E-state index in [1.165, 1.54) is 12.5 Å². The van der Waals surface area contributed by atoms with Gasteiger partial charge in [-0.2, -0.15) is 0 Å². The first-order chi connectivity index (χ1) is 13.8. The van der Waals surface area contributed by atoms with Gasteiger partial charge >= 0.3 is 0 Å². The SMILES string of the molecule is C#C/C(=C\C(=O)N(c1ccccn1)C1CCCCC1)c1ccc2c(c1)OCO2. The van der Waals surface area contributed by atoms with E-state index in [1.807, 2.05) is 36.4 Å². The minimum Gasteiger partial charge on any atom is -0.454 e. The van der Waals surface area contributed by atoms with Crippen molar-refractivity contribution in [3.8, 4) is 23.8 Å². The molecule has 1 saturated carbocycles. The van der Waals surface area contributed by atoms with E-state index in [0.29, 0.717) is 22.9 Å².